The first-order chi connectivity index (χ1) is 16.1. The van der Waals surface area contributed by atoms with Gasteiger partial charge < -0.3 is 0 Å². The highest BCUT2D eigenvalue weighted by molar-refractivity contribution is 7.91. The van der Waals surface area contributed by atoms with Crippen LogP contribution in [0.4, 0.5) is 13.2 Å². The van der Waals surface area contributed by atoms with E-state index in [2.05, 4.69) is 10.1 Å². The molecule has 0 aliphatic heterocycles. The normalized spacial score (nSPS) is 11.9. The van der Waals surface area contributed by atoms with Crippen LogP contribution in [-0.4, -0.2) is 23.2 Å². The van der Waals surface area contributed by atoms with Gasteiger partial charge in [0.05, 0.1) is 10.5 Å². The molecule has 2 aromatic heterocycles. The number of hydrogen-bond donors (Lipinski definition) is 0. The standard InChI is InChI=1S/C25H22F3N3O2S/c1-4-31-14-19(16-9-11-29-12-10-16)25(30-31)23-21(8-6-18(15(2)3)24(23)28)34(32,33)22-13-17(26)5-7-20(22)27/h5-15H,4H2,1-3H3. The molecule has 0 unspecified atom stereocenters. The lowest BCUT2D eigenvalue weighted by molar-refractivity contribution is 0.551. The molecule has 0 spiro atoms. The highest BCUT2D eigenvalue weighted by Gasteiger charge is 2.31. The van der Waals surface area contributed by atoms with Gasteiger partial charge in [0.2, 0.25) is 9.84 Å². The van der Waals surface area contributed by atoms with E-state index in [9.17, 15) is 17.2 Å². The van der Waals surface area contributed by atoms with Gasteiger partial charge in [-0.2, -0.15) is 5.10 Å². The fraction of sp³-hybridized carbons (Fsp3) is 0.200. The predicted molar refractivity (Wildman–Crippen MR) is 122 cm³/mol. The van der Waals surface area contributed by atoms with E-state index in [1.165, 1.54) is 12.1 Å². The second kappa shape index (κ2) is 9.06. The molecule has 0 fully saturated rings. The Kier molecular flexibility index (Phi) is 6.31. The third kappa shape index (κ3) is 4.11. The zero-order valence-electron chi connectivity index (χ0n) is 18.8. The van der Waals surface area contributed by atoms with Crippen molar-refractivity contribution in [3.63, 3.8) is 0 Å². The Morgan fingerprint density at radius 2 is 1.68 bits per heavy atom. The minimum absolute atomic E-state index is 0.0865. The van der Waals surface area contributed by atoms with Crippen molar-refractivity contribution in [2.45, 2.75) is 43.0 Å². The van der Waals surface area contributed by atoms with Gasteiger partial charge in [-0.15, -0.1) is 0 Å². The number of aromatic nitrogens is 3. The summed E-state index contributed by atoms with van der Waals surface area (Å²) in [5.41, 5.74) is 1.22. The van der Waals surface area contributed by atoms with Gasteiger partial charge in [-0.25, -0.2) is 21.6 Å². The van der Waals surface area contributed by atoms with Crippen molar-refractivity contribution < 1.29 is 21.6 Å². The summed E-state index contributed by atoms with van der Waals surface area (Å²) >= 11 is 0. The molecule has 0 saturated carbocycles. The SMILES string of the molecule is CCn1cc(-c2ccncc2)c(-c2c(S(=O)(=O)c3cc(F)ccc3F)ccc(C(C)C)c2F)n1. The Bertz CT molecular complexity index is 1470. The summed E-state index contributed by atoms with van der Waals surface area (Å²) in [5, 5.41) is 4.47. The molecule has 176 valence electrons. The molecule has 5 nitrogen and oxygen atoms in total. The van der Waals surface area contributed by atoms with Crippen molar-refractivity contribution in [2.75, 3.05) is 0 Å². The second-order valence-corrected chi connectivity index (χ2v) is 9.94. The summed E-state index contributed by atoms with van der Waals surface area (Å²) in [7, 11) is -4.65. The Balaban J connectivity index is 2.09. The van der Waals surface area contributed by atoms with E-state index < -0.39 is 37.1 Å². The van der Waals surface area contributed by atoms with Gasteiger partial charge in [0.1, 0.15) is 28.0 Å². The minimum atomic E-state index is -4.65. The Morgan fingerprint density at radius 1 is 0.971 bits per heavy atom. The van der Waals surface area contributed by atoms with Crippen LogP contribution in [0.15, 0.2) is 70.8 Å². The van der Waals surface area contributed by atoms with Gasteiger partial charge in [-0.1, -0.05) is 19.9 Å². The van der Waals surface area contributed by atoms with Crippen molar-refractivity contribution >= 4 is 9.84 Å². The van der Waals surface area contributed by atoms with E-state index in [4.69, 9.17) is 0 Å². The smallest absolute Gasteiger partial charge is 0.210 e. The van der Waals surface area contributed by atoms with E-state index in [-0.39, 0.29) is 22.7 Å². The quantitative estimate of drug-likeness (QED) is 0.336. The molecule has 0 atom stereocenters. The molecule has 9 heteroatoms. The molecule has 0 bridgehead atoms. The molecule has 0 aliphatic rings. The van der Waals surface area contributed by atoms with Crippen LogP contribution in [0.3, 0.4) is 0 Å². The zero-order valence-corrected chi connectivity index (χ0v) is 19.6. The number of rotatable bonds is 6. The monoisotopic (exact) mass is 485 g/mol. The van der Waals surface area contributed by atoms with Crippen LogP contribution in [0, 0.1) is 17.5 Å². The second-order valence-electron chi connectivity index (χ2n) is 8.06. The Hall–Kier alpha value is -3.46. The Morgan fingerprint density at radius 3 is 2.32 bits per heavy atom. The third-order valence-electron chi connectivity index (χ3n) is 5.54. The van der Waals surface area contributed by atoms with Crippen LogP contribution in [0.5, 0.6) is 0 Å². The Labute approximate surface area is 195 Å². The van der Waals surface area contributed by atoms with E-state index in [0.29, 0.717) is 23.7 Å². The van der Waals surface area contributed by atoms with Crippen LogP contribution >= 0.6 is 0 Å². The maximum absolute atomic E-state index is 16.0. The molecule has 4 aromatic rings. The number of benzene rings is 2. The first kappa shape index (κ1) is 23.7. The van der Waals surface area contributed by atoms with Gasteiger partial charge in [0, 0.05) is 30.7 Å². The van der Waals surface area contributed by atoms with Crippen LogP contribution in [0.25, 0.3) is 22.4 Å². The largest absolute Gasteiger partial charge is 0.272 e. The molecule has 0 aliphatic carbocycles. The molecule has 0 radical (unpaired) electrons. The molecular formula is C25H22F3N3O2S. The maximum Gasteiger partial charge on any atom is 0.210 e. The maximum atomic E-state index is 16.0. The van der Waals surface area contributed by atoms with E-state index in [1.807, 2.05) is 6.92 Å². The summed E-state index contributed by atoms with van der Waals surface area (Å²) in [4.78, 5) is 2.64. The van der Waals surface area contributed by atoms with Gasteiger partial charge in [0.25, 0.3) is 0 Å². The molecule has 2 aromatic carbocycles. The first-order valence-electron chi connectivity index (χ1n) is 10.7. The molecule has 4 rings (SSSR count). The fourth-order valence-corrected chi connectivity index (χ4v) is 5.31. The topological polar surface area (TPSA) is 64.8 Å². The van der Waals surface area contributed by atoms with Crippen molar-refractivity contribution in [1.29, 1.82) is 0 Å². The van der Waals surface area contributed by atoms with Gasteiger partial charge in [0.15, 0.2) is 0 Å². The fourth-order valence-electron chi connectivity index (χ4n) is 3.78. The lowest BCUT2D eigenvalue weighted by atomic mass is 9.96. The van der Waals surface area contributed by atoms with Crippen LogP contribution < -0.4 is 0 Å². The van der Waals surface area contributed by atoms with Crippen LogP contribution in [-0.2, 0) is 16.4 Å². The molecule has 0 N–H and O–H groups in total. The molecule has 0 amide bonds. The number of aryl methyl sites for hydroxylation is 1. The molecule has 2 heterocycles. The number of sulfone groups is 1. The average Bonchev–Trinajstić information content (AvgIpc) is 3.24. The highest BCUT2D eigenvalue weighted by atomic mass is 32.2. The summed E-state index contributed by atoms with van der Waals surface area (Å²) in [6, 6.07) is 8.13. The zero-order chi connectivity index (χ0) is 24.6. The van der Waals surface area contributed by atoms with Gasteiger partial charge in [-0.05, 0) is 60.4 Å². The number of hydrogen-bond acceptors (Lipinski definition) is 4. The highest BCUT2D eigenvalue weighted by Crippen LogP contribution is 2.41. The van der Waals surface area contributed by atoms with E-state index in [0.717, 1.165) is 12.1 Å². The number of nitrogens with zero attached hydrogens (tertiary/aromatic N) is 3. The van der Waals surface area contributed by atoms with Crippen molar-refractivity contribution in [3.8, 4) is 22.4 Å². The van der Waals surface area contributed by atoms with Crippen molar-refractivity contribution in [2.24, 2.45) is 0 Å². The van der Waals surface area contributed by atoms with Gasteiger partial charge >= 0.3 is 0 Å². The predicted octanol–water partition coefficient (Wildman–Crippen LogP) is 6.01. The van der Waals surface area contributed by atoms with Crippen molar-refractivity contribution in [3.05, 3.63) is 84.1 Å². The van der Waals surface area contributed by atoms with Crippen LogP contribution in [0.1, 0.15) is 32.3 Å². The minimum Gasteiger partial charge on any atom is -0.272 e. The lowest BCUT2D eigenvalue weighted by Crippen LogP contribution is -2.10. The van der Waals surface area contributed by atoms with Gasteiger partial charge in [-0.3, -0.25) is 9.67 Å². The third-order valence-corrected chi connectivity index (χ3v) is 7.35. The number of pyridine rings is 1. The summed E-state index contributed by atoms with van der Waals surface area (Å²) in [6.07, 6.45) is 4.80. The molecule has 0 saturated heterocycles. The lowest BCUT2D eigenvalue weighted by Gasteiger charge is -2.16. The van der Waals surface area contributed by atoms with E-state index >= 15 is 4.39 Å². The summed E-state index contributed by atoms with van der Waals surface area (Å²) in [6.45, 7) is 5.84. The summed E-state index contributed by atoms with van der Waals surface area (Å²) < 4.78 is 73.1. The first-order valence-corrected chi connectivity index (χ1v) is 12.1. The van der Waals surface area contributed by atoms with Crippen LogP contribution in [0.2, 0.25) is 0 Å². The average molecular weight is 486 g/mol. The summed E-state index contributed by atoms with van der Waals surface area (Å²) in [5.74, 6) is -3.09. The van der Waals surface area contributed by atoms with Crippen molar-refractivity contribution in [1.82, 2.24) is 14.8 Å². The molecule has 34 heavy (non-hydrogen) atoms. The van der Waals surface area contributed by atoms with E-state index in [1.54, 1.807) is 49.3 Å². The number of halogens is 3. The molecular weight excluding hydrogens is 463 g/mol.